The quantitative estimate of drug-likeness (QED) is 0.822. The van der Waals surface area contributed by atoms with Crippen molar-refractivity contribution in [1.29, 1.82) is 0 Å². The summed E-state index contributed by atoms with van der Waals surface area (Å²) in [6, 6.07) is 10.5. The summed E-state index contributed by atoms with van der Waals surface area (Å²) in [5.41, 5.74) is 8.52. The lowest BCUT2D eigenvalue weighted by Crippen LogP contribution is -2.32. The second kappa shape index (κ2) is 7.21. The minimum absolute atomic E-state index is 0.0204. The number of fused-ring (bicyclic) bond motifs is 1. The number of amides is 2. The van der Waals surface area contributed by atoms with Crippen LogP contribution in [0.1, 0.15) is 39.2 Å². The van der Waals surface area contributed by atoms with Crippen molar-refractivity contribution >= 4 is 28.2 Å². The van der Waals surface area contributed by atoms with Crippen LogP contribution < -0.4 is 11.1 Å². The van der Waals surface area contributed by atoms with Crippen molar-refractivity contribution in [3.63, 3.8) is 0 Å². The SMILES string of the molecule is NC(=O)c1c(NC(=O)C2CC2)sc2c1CCN(CCc1ccccc1)C2. The number of carbonyl (C=O) groups is 2. The van der Waals surface area contributed by atoms with Crippen molar-refractivity contribution in [1.82, 2.24) is 4.90 Å². The van der Waals surface area contributed by atoms with Gasteiger partial charge in [-0.2, -0.15) is 0 Å². The fourth-order valence-corrected chi connectivity index (χ4v) is 4.79. The Labute approximate surface area is 157 Å². The first kappa shape index (κ1) is 17.2. The van der Waals surface area contributed by atoms with E-state index in [0.29, 0.717) is 10.6 Å². The predicted molar refractivity (Wildman–Crippen MR) is 103 cm³/mol. The van der Waals surface area contributed by atoms with Gasteiger partial charge in [0.2, 0.25) is 5.91 Å². The van der Waals surface area contributed by atoms with Gasteiger partial charge in [-0.3, -0.25) is 14.5 Å². The number of nitrogens with one attached hydrogen (secondary N) is 1. The molecule has 1 aliphatic carbocycles. The molecule has 3 N–H and O–H groups in total. The number of nitrogens with zero attached hydrogens (tertiary/aromatic N) is 1. The summed E-state index contributed by atoms with van der Waals surface area (Å²) < 4.78 is 0. The van der Waals surface area contributed by atoms with Crippen LogP contribution in [0.25, 0.3) is 0 Å². The van der Waals surface area contributed by atoms with E-state index in [-0.39, 0.29) is 11.8 Å². The van der Waals surface area contributed by atoms with E-state index in [9.17, 15) is 9.59 Å². The summed E-state index contributed by atoms with van der Waals surface area (Å²) in [6.07, 6.45) is 3.69. The van der Waals surface area contributed by atoms with Gasteiger partial charge >= 0.3 is 0 Å². The van der Waals surface area contributed by atoms with E-state index in [4.69, 9.17) is 5.73 Å². The standard InChI is InChI=1S/C20H23N3O2S/c21-18(24)17-15-9-11-23(10-8-13-4-2-1-3-5-13)12-16(15)26-20(17)22-19(25)14-6-7-14/h1-5,14H,6-12H2,(H2,21,24)(H,22,25). The Bertz CT molecular complexity index is 827. The van der Waals surface area contributed by atoms with Crippen LogP contribution in [-0.4, -0.2) is 29.8 Å². The molecule has 0 bridgehead atoms. The third-order valence-electron chi connectivity index (χ3n) is 5.13. The zero-order valence-electron chi connectivity index (χ0n) is 14.7. The zero-order chi connectivity index (χ0) is 18.1. The van der Waals surface area contributed by atoms with Crippen molar-refractivity contribution in [2.75, 3.05) is 18.4 Å². The normalized spacial score (nSPS) is 16.9. The smallest absolute Gasteiger partial charge is 0.251 e. The molecule has 0 radical (unpaired) electrons. The number of hydrogen-bond acceptors (Lipinski definition) is 4. The van der Waals surface area contributed by atoms with Crippen molar-refractivity contribution in [2.24, 2.45) is 11.7 Å². The Kier molecular flexibility index (Phi) is 4.78. The molecule has 0 unspecified atom stereocenters. The van der Waals surface area contributed by atoms with E-state index in [1.165, 1.54) is 16.9 Å². The molecule has 6 heteroatoms. The molecule has 1 saturated carbocycles. The lowest BCUT2D eigenvalue weighted by molar-refractivity contribution is -0.117. The molecule has 1 fully saturated rings. The largest absolute Gasteiger partial charge is 0.365 e. The lowest BCUT2D eigenvalue weighted by Gasteiger charge is -2.27. The monoisotopic (exact) mass is 369 g/mol. The maximum atomic E-state index is 12.1. The molecule has 5 nitrogen and oxygen atoms in total. The van der Waals surface area contributed by atoms with Gasteiger partial charge in [-0.05, 0) is 36.8 Å². The molecule has 0 atom stereocenters. The van der Waals surface area contributed by atoms with Crippen LogP contribution in [0.5, 0.6) is 0 Å². The third-order valence-corrected chi connectivity index (χ3v) is 6.26. The van der Waals surface area contributed by atoms with E-state index in [0.717, 1.165) is 55.8 Å². The first-order valence-corrected chi connectivity index (χ1v) is 9.95. The highest BCUT2D eigenvalue weighted by atomic mass is 32.1. The number of thiophene rings is 1. The number of rotatable bonds is 6. The highest BCUT2D eigenvalue weighted by Crippen LogP contribution is 2.38. The number of carbonyl (C=O) groups excluding carboxylic acids is 2. The summed E-state index contributed by atoms with van der Waals surface area (Å²) in [5.74, 6) is -0.310. The molecular weight excluding hydrogens is 346 g/mol. The summed E-state index contributed by atoms with van der Waals surface area (Å²) >= 11 is 1.51. The summed E-state index contributed by atoms with van der Waals surface area (Å²) in [7, 11) is 0. The Morgan fingerprint density at radius 3 is 2.69 bits per heavy atom. The van der Waals surface area contributed by atoms with Gasteiger partial charge in [0.1, 0.15) is 5.00 Å². The third kappa shape index (κ3) is 3.66. The molecule has 136 valence electrons. The lowest BCUT2D eigenvalue weighted by atomic mass is 10.0. The van der Waals surface area contributed by atoms with Crippen LogP contribution in [0.4, 0.5) is 5.00 Å². The first-order chi connectivity index (χ1) is 12.6. The Balaban J connectivity index is 1.47. The van der Waals surface area contributed by atoms with E-state index in [1.807, 2.05) is 6.07 Å². The summed E-state index contributed by atoms with van der Waals surface area (Å²) in [6.45, 7) is 2.70. The number of hydrogen-bond donors (Lipinski definition) is 2. The van der Waals surface area contributed by atoms with Gasteiger partial charge in [-0.15, -0.1) is 11.3 Å². The molecule has 0 saturated heterocycles. The van der Waals surface area contributed by atoms with Gasteiger partial charge in [0.25, 0.3) is 5.91 Å². The topological polar surface area (TPSA) is 75.4 Å². The molecule has 0 spiro atoms. The number of anilines is 1. The fraction of sp³-hybridized carbons (Fsp3) is 0.400. The minimum atomic E-state index is -0.439. The predicted octanol–water partition coefficient (Wildman–Crippen LogP) is 2.80. The van der Waals surface area contributed by atoms with Gasteiger partial charge in [0.15, 0.2) is 0 Å². The van der Waals surface area contributed by atoms with Crippen LogP contribution >= 0.6 is 11.3 Å². The van der Waals surface area contributed by atoms with Crippen LogP contribution in [-0.2, 0) is 24.2 Å². The number of benzene rings is 1. The van der Waals surface area contributed by atoms with Gasteiger partial charge in [0.05, 0.1) is 5.56 Å². The molecule has 2 aromatic rings. The van der Waals surface area contributed by atoms with E-state index < -0.39 is 5.91 Å². The second-order valence-corrected chi connectivity index (χ2v) is 8.20. The van der Waals surface area contributed by atoms with Gasteiger partial charge in [-0.25, -0.2) is 0 Å². The van der Waals surface area contributed by atoms with Gasteiger partial charge < -0.3 is 11.1 Å². The van der Waals surface area contributed by atoms with Crippen molar-refractivity contribution in [3.8, 4) is 0 Å². The Hall–Kier alpha value is -2.18. The average Bonchev–Trinajstić information content (AvgIpc) is 3.42. The van der Waals surface area contributed by atoms with E-state index in [2.05, 4.69) is 34.5 Å². The molecule has 1 aromatic carbocycles. The molecule has 1 aliphatic heterocycles. The maximum Gasteiger partial charge on any atom is 0.251 e. The second-order valence-electron chi connectivity index (χ2n) is 7.10. The van der Waals surface area contributed by atoms with Crippen LogP contribution in [0.2, 0.25) is 0 Å². The van der Waals surface area contributed by atoms with Crippen LogP contribution in [0.3, 0.4) is 0 Å². The minimum Gasteiger partial charge on any atom is -0.365 e. The molecule has 2 amide bonds. The van der Waals surface area contributed by atoms with Crippen molar-refractivity contribution in [2.45, 2.75) is 32.2 Å². The maximum absolute atomic E-state index is 12.1. The molecule has 2 heterocycles. The van der Waals surface area contributed by atoms with Crippen LogP contribution in [0, 0.1) is 5.92 Å². The van der Waals surface area contributed by atoms with E-state index in [1.54, 1.807) is 0 Å². The summed E-state index contributed by atoms with van der Waals surface area (Å²) in [5, 5.41) is 3.59. The van der Waals surface area contributed by atoms with Crippen LogP contribution in [0.15, 0.2) is 30.3 Å². The van der Waals surface area contributed by atoms with Crippen molar-refractivity contribution < 1.29 is 9.59 Å². The van der Waals surface area contributed by atoms with Gasteiger partial charge in [0, 0.05) is 30.4 Å². The molecule has 26 heavy (non-hydrogen) atoms. The Morgan fingerprint density at radius 1 is 1.23 bits per heavy atom. The number of primary amides is 1. The van der Waals surface area contributed by atoms with Gasteiger partial charge in [-0.1, -0.05) is 30.3 Å². The Morgan fingerprint density at radius 2 is 2.00 bits per heavy atom. The highest BCUT2D eigenvalue weighted by Gasteiger charge is 2.32. The molecule has 2 aliphatic rings. The van der Waals surface area contributed by atoms with Crippen molar-refractivity contribution in [3.05, 3.63) is 51.9 Å². The zero-order valence-corrected chi connectivity index (χ0v) is 15.5. The fourth-order valence-electron chi connectivity index (χ4n) is 3.49. The molecule has 4 rings (SSSR count). The highest BCUT2D eigenvalue weighted by molar-refractivity contribution is 7.17. The first-order valence-electron chi connectivity index (χ1n) is 9.13. The van der Waals surface area contributed by atoms with E-state index >= 15 is 0 Å². The summed E-state index contributed by atoms with van der Waals surface area (Å²) in [4.78, 5) is 27.7. The molecular formula is C20H23N3O2S. The average molecular weight is 369 g/mol. The molecule has 1 aromatic heterocycles. The number of nitrogens with two attached hydrogens (primary N) is 1.